The predicted octanol–water partition coefficient (Wildman–Crippen LogP) is 3.09. The van der Waals surface area contributed by atoms with Gasteiger partial charge in [-0.15, -0.1) is 0 Å². The quantitative estimate of drug-likeness (QED) is 0.932. The van der Waals surface area contributed by atoms with Crippen LogP contribution < -0.4 is 5.32 Å². The van der Waals surface area contributed by atoms with Crippen LogP contribution in [0.5, 0.6) is 0 Å². The van der Waals surface area contributed by atoms with Crippen LogP contribution in [-0.4, -0.2) is 39.9 Å². The summed E-state index contributed by atoms with van der Waals surface area (Å²) in [6, 6.07) is 0.484. The fourth-order valence-electron chi connectivity index (χ4n) is 3.50. The van der Waals surface area contributed by atoms with Gasteiger partial charge in [0.25, 0.3) is 5.91 Å². The number of carbonyl (C=O) groups is 1. The minimum Gasteiger partial charge on any atom is -0.351 e. The molecule has 2 fully saturated rings. The Morgan fingerprint density at radius 1 is 1.14 bits per heavy atom. The molecule has 1 unspecified atom stereocenters. The smallest absolute Gasteiger partial charge is 0.257 e. The molecule has 5 nitrogen and oxygen atoms in total. The van der Waals surface area contributed by atoms with Crippen molar-refractivity contribution in [2.24, 2.45) is 5.92 Å². The van der Waals surface area contributed by atoms with Crippen molar-refractivity contribution >= 4 is 11.9 Å². The molecule has 3 rings (SSSR count). The Labute approximate surface area is 132 Å². The number of nitrogens with one attached hydrogen (secondary N) is 1. The van der Waals surface area contributed by atoms with Crippen molar-refractivity contribution in [3.8, 4) is 0 Å². The number of hydrogen-bond donors (Lipinski definition) is 1. The largest absolute Gasteiger partial charge is 0.351 e. The molecule has 1 aromatic rings. The van der Waals surface area contributed by atoms with Gasteiger partial charge in [-0.3, -0.25) is 4.79 Å². The molecule has 22 heavy (non-hydrogen) atoms. The van der Waals surface area contributed by atoms with Crippen LogP contribution in [0, 0.1) is 5.92 Å². The number of amides is 1. The van der Waals surface area contributed by atoms with E-state index in [4.69, 9.17) is 0 Å². The molecule has 5 heteroatoms. The summed E-state index contributed by atoms with van der Waals surface area (Å²) in [7, 11) is 0. The second-order valence-electron chi connectivity index (χ2n) is 6.77. The standard InChI is InChI=1S/C17H26N4O/c1-13-6-5-9-21(12-13)16(22)14-10-18-17(19-11-14)20-15-7-3-2-4-8-15/h10-11,13,15H,2-9,12H2,1H3,(H,18,19,20). The third-order valence-electron chi connectivity index (χ3n) is 4.78. The van der Waals surface area contributed by atoms with Gasteiger partial charge in [0.1, 0.15) is 0 Å². The zero-order valence-electron chi connectivity index (χ0n) is 13.4. The third-order valence-corrected chi connectivity index (χ3v) is 4.78. The Morgan fingerprint density at radius 2 is 1.86 bits per heavy atom. The third kappa shape index (κ3) is 3.76. The SMILES string of the molecule is CC1CCCN(C(=O)c2cnc(NC3CCCCC3)nc2)C1. The number of nitrogens with zero attached hydrogens (tertiary/aromatic N) is 3. The Morgan fingerprint density at radius 3 is 2.55 bits per heavy atom. The lowest BCUT2D eigenvalue weighted by Gasteiger charge is -2.30. The molecule has 1 aliphatic carbocycles. The van der Waals surface area contributed by atoms with Crippen LogP contribution in [0.3, 0.4) is 0 Å². The molecule has 1 saturated heterocycles. The van der Waals surface area contributed by atoms with Crippen LogP contribution in [0.4, 0.5) is 5.95 Å². The van der Waals surface area contributed by atoms with E-state index in [-0.39, 0.29) is 5.91 Å². The van der Waals surface area contributed by atoms with Gasteiger partial charge in [-0.25, -0.2) is 9.97 Å². The first kappa shape index (κ1) is 15.3. The number of carbonyl (C=O) groups excluding carboxylic acids is 1. The van der Waals surface area contributed by atoms with E-state index in [1.54, 1.807) is 12.4 Å². The number of rotatable bonds is 3. The lowest BCUT2D eigenvalue weighted by molar-refractivity contribution is 0.0682. The van der Waals surface area contributed by atoms with Crippen molar-refractivity contribution in [1.29, 1.82) is 0 Å². The van der Waals surface area contributed by atoms with E-state index in [9.17, 15) is 4.79 Å². The average molecular weight is 302 g/mol. The molecule has 1 saturated carbocycles. The molecule has 0 bridgehead atoms. The molecule has 120 valence electrons. The summed E-state index contributed by atoms with van der Waals surface area (Å²) in [5.74, 6) is 1.30. The maximum Gasteiger partial charge on any atom is 0.257 e. The van der Waals surface area contributed by atoms with Crippen LogP contribution in [0.1, 0.15) is 62.2 Å². The van der Waals surface area contributed by atoms with Crippen molar-refractivity contribution in [3.63, 3.8) is 0 Å². The molecular weight excluding hydrogens is 276 g/mol. The van der Waals surface area contributed by atoms with E-state index in [1.165, 1.54) is 38.5 Å². The number of aromatic nitrogens is 2. The summed E-state index contributed by atoms with van der Waals surface area (Å²) >= 11 is 0. The first-order chi connectivity index (χ1) is 10.7. The first-order valence-corrected chi connectivity index (χ1v) is 8.60. The summed E-state index contributed by atoms with van der Waals surface area (Å²) in [5, 5.41) is 3.39. The van der Waals surface area contributed by atoms with Crippen LogP contribution in [-0.2, 0) is 0 Å². The number of piperidine rings is 1. The molecule has 0 spiro atoms. The van der Waals surface area contributed by atoms with Crippen LogP contribution >= 0.6 is 0 Å². The summed E-state index contributed by atoms with van der Waals surface area (Å²) in [6.45, 7) is 3.90. The van der Waals surface area contributed by atoms with Gasteiger partial charge in [0, 0.05) is 31.5 Å². The average Bonchev–Trinajstić information content (AvgIpc) is 2.56. The van der Waals surface area contributed by atoms with Gasteiger partial charge >= 0.3 is 0 Å². The second-order valence-corrected chi connectivity index (χ2v) is 6.77. The summed E-state index contributed by atoms with van der Waals surface area (Å²) in [4.78, 5) is 23.1. The predicted molar refractivity (Wildman–Crippen MR) is 86.8 cm³/mol. The highest BCUT2D eigenvalue weighted by molar-refractivity contribution is 5.93. The van der Waals surface area contributed by atoms with E-state index >= 15 is 0 Å². The minimum atomic E-state index is 0.0655. The Balaban J connectivity index is 1.59. The van der Waals surface area contributed by atoms with Gasteiger partial charge in [-0.1, -0.05) is 26.2 Å². The highest BCUT2D eigenvalue weighted by atomic mass is 16.2. The van der Waals surface area contributed by atoms with E-state index in [0.717, 1.165) is 19.5 Å². The van der Waals surface area contributed by atoms with Gasteiger partial charge in [0.2, 0.25) is 5.95 Å². The van der Waals surface area contributed by atoms with E-state index in [1.807, 2.05) is 4.90 Å². The van der Waals surface area contributed by atoms with Crippen LogP contribution in [0.15, 0.2) is 12.4 Å². The van der Waals surface area contributed by atoms with Crippen LogP contribution in [0.25, 0.3) is 0 Å². The van der Waals surface area contributed by atoms with Gasteiger partial charge < -0.3 is 10.2 Å². The molecule has 2 aliphatic rings. The van der Waals surface area contributed by atoms with Gasteiger partial charge in [0.15, 0.2) is 0 Å². The molecule has 0 radical (unpaired) electrons. The van der Waals surface area contributed by atoms with Crippen LogP contribution in [0.2, 0.25) is 0 Å². The Hall–Kier alpha value is -1.65. The molecule has 0 aromatic carbocycles. The molecule has 1 amide bonds. The Kier molecular flexibility index (Phi) is 4.90. The summed E-state index contributed by atoms with van der Waals surface area (Å²) in [5.41, 5.74) is 0.600. The first-order valence-electron chi connectivity index (χ1n) is 8.60. The van der Waals surface area contributed by atoms with E-state index < -0.39 is 0 Å². The maximum absolute atomic E-state index is 12.5. The van der Waals surface area contributed by atoms with Gasteiger partial charge in [-0.2, -0.15) is 0 Å². The lowest BCUT2D eigenvalue weighted by Crippen LogP contribution is -2.39. The second kappa shape index (κ2) is 7.07. The normalized spacial score (nSPS) is 23.3. The van der Waals surface area contributed by atoms with Gasteiger partial charge in [-0.05, 0) is 31.6 Å². The molecule has 1 aliphatic heterocycles. The number of anilines is 1. The van der Waals surface area contributed by atoms with Crippen molar-refractivity contribution < 1.29 is 4.79 Å². The van der Waals surface area contributed by atoms with E-state index in [0.29, 0.717) is 23.5 Å². The fraction of sp³-hybridized carbons (Fsp3) is 0.706. The zero-order valence-corrected chi connectivity index (χ0v) is 13.4. The zero-order chi connectivity index (χ0) is 15.4. The van der Waals surface area contributed by atoms with Crippen molar-refractivity contribution in [1.82, 2.24) is 14.9 Å². The number of likely N-dealkylation sites (tertiary alicyclic amines) is 1. The van der Waals surface area contributed by atoms with Gasteiger partial charge in [0.05, 0.1) is 5.56 Å². The van der Waals surface area contributed by atoms with Crippen molar-refractivity contribution in [3.05, 3.63) is 18.0 Å². The highest BCUT2D eigenvalue weighted by Gasteiger charge is 2.22. The number of hydrogen-bond acceptors (Lipinski definition) is 4. The molecular formula is C17H26N4O. The monoisotopic (exact) mass is 302 g/mol. The minimum absolute atomic E-state index is 0.0655. The summed E-state index contributed by atoms with van der Waals surface area (Å²) < 4.78 is 0. The fourth-order valence-corrected chi connectivity index (χ4v) is 3.50. The molecule has 1 aromatic heterocycles. The topological polar surface area (TPSA) is 58.1 Å². The molecule has 1 N–H and O–H groups in total. The summed E-state index contributed by atoms with van der Waals surface area (Å²) in [6.07, 6.45) is 11.9. The van der Waals surface area contributed by atoms with Crippen molar-refractivity contribution in [2.75, 3.05) is 18.4 Å². The maximum atomic E-state index is 12.5. The van der Waals surface area contributed by atoms with E-state index in [2.05, 4.69) is 22.2 Å². The van der Waals surface area contributed by atoms with Crippen molar-refractivity contribution in [2.45, 2.75) is 57.9 Å². The highest BCUT2D eigenvalue weighted by Crippen LogP contribution is 2.20. The molecule has 1 atom stereocenters. The Bertz CT molecular complexity index is 496. The molecule has 2 heterocycles. The lowest BCUT2D eigenvalue weighted by atomic mass is 9.96.